The molecule has 0 spiro atoms. The van der Waals surface area contributed by atoms with Crippen molar-refractivity contribution in [1.29, 1.82) is 0 Å². The predicted octanol–water partition coefficient (Wildman–Crippen LogP) is 1.81. The Bertz CT molecular complexity index is 76.6. The summed E-state index contributed by atoms with van der Waals surface area (Å²) >= 11 is 0. The first-order valence-corrected chi connectivity index (χ1v) is 1.46. The SMILES string of the molecule is N.N.N.N.N.O=N[O-].O=N[O-].O=N[O-].O=N[O-].[Ir+3]. The second kappa shape index (κ2) is 707. The molecular weight excluding hydrogens is 446 g/mol. The van der Waals surface area contributed by atoms with Gasteiger partial charge in [-0.1, -0.05) is 0 Å². The van der Waals surface area contributed by atoms with Crippen LogP contribution in [0.15, 0.2) is 21.4 Å². The Morgan fingerprint density at radius 3 is 0.444 bits per heavy atom. The Morgan fingerprint density at radius 1 is 0.444 bits per heavy atom. The molecule has 0 unspecified atom stereocenters. The summed E-state index contributed by atoms with van der Waals surface area (Å²) in [5, 5.41) is 36.0. The summed E-state index contributed by atoms with van der Waals surface area (Å²) in [6.45, 7) is 0. The van der Waals surface area contributed by atoms with Gasteiger partial charge in [0.25, 0.3) is 0 Å². The molecule has 0 saturated heterocycles. The standard InChI is InChI=1S/Ir.4HNO2.5H3N/c;4*2-1-3;;;;;/h;4*(H,2,3);5*1H3/q+3;;;;;;;;;/p-4. The van der Waals surface area contributed by atoms with Crippen LogP contribution in [0.3, 0.4) is 0 Å². The van der Waals surface area contributed by atoms with Crippen molar-refractivity contribution in [1.82, 2.24) is 30.8 Å². The van der Waals surface area contributed by atoms with Gasteiger partial charge in [-0.05, 0) is 0 Å². The van der Waals surface area contributed by atoms with Crippen LogP contribution < -0.4 is 30.8 Å². The smallest absolute Gasteiger partial charge is 0.444 e. The zero-order chi connectivity index (χ0) is 10.8. The second-order valence-electron chi connectivity index (χ2n) is 0.298. The van der Waals surface area contributed by atoms with E-state index in [9.17, 15) is 0 Å². The van der Waals surface area contributed by atoms with Crippen molar-refractivity contribution in [2.75, 3.05) is 0 Å². The topological polar surface area (TPSA) is 385 Å². The third-order valence-corrected chi connectivity index (χ3v) is 0. The molecule has 0 aliphatic heterocycles. The zero-order valence-electron chi connectivity index (χ0n) is 8.92. The fourth-order valence-corrected chi connectivity index (χ4v) is 0. The quantitative estimate of drug-likeness (QED) is 0.254. The van der Waals surface area contributed by atoms with Gasteiger partial charge in [-0.2, -0.15) is 0 Å². The van der Waals surface area contributed by atoms with E-state index in [2.05, 4.69) is 0 Å². The molecular formula is H15IrN9O8-. The summed E-state index contributed by atoms with van der Waals surface area (Å²) in [5.41, 5.74) is 0. The van der Waals surface area contributed by atoms with Gasteiger partial charge in [-0.15, -0.1) is 21.4 Å². The van der Waals surface area contributed by atoms with E-state index in [1.54, 1.807) is 0 Å². The molecule has 0 aliphatic rings. The van der Waals surface area contributed by atoms with Crippen LogP contribution in [-0.4, -0.2) is 0 Å². The van der Waals surface area contributed by atoms with Crippen molar-refractivity contribution in [2.24, 2.45) is 21.4 Å². The largest absolute Gasteiger partial charge is 3.00 e. The molecule has 0 aromatic carbocycles. The summed E-state index contributed by atoms with van der Waals surface area (Å²) in [6.07, 6.45) is 0. The van der Waals surface area contributed by atoms with Gasteiger partial charge in [0.15, 0.2) is 0 Å². The maximum atomic E-state index is 8.00. The van der Waals surface area contributed by atoms with E-state index in [4.69, 9.17) is 40.5 Å². The molecule has 15 N–H and O–H groups in total. The van der Waals surface area contributed by atoms with Gasteiger partial charge < -0.3 is 71.2 Å². The van der Waals surface area contributed by atoms with E-state index < -0.39 is 0 Å². The summed E-state index contributed by atoms with van der Waals surface area (Å²) < 4.78 is 0. The fourth-order valence-electron chi connectivity index (χ4n) is 0. The van der Waals surface area contributed by atoms with Gasteiger partial charge in [0, 0.05) is 0 Å². The fraction of sp³-hybridized carbons (Fsp3) is 0. The van der Waals surface area contributed by atoms with Gasteiger partial charge in [0.1, 0.15) is 0 Å². The zero-order valence-corrected chi connectivity index (χ0v) is 11.3. The molecule has 0 saturated carbocycles. The summed E-state index contributed by atoms with van der Waals surface area (Å²) in [6, 6.07) is 0. The molecule has 0 aromatic heterocycles. The molecule has 0 radical (unpaired) electrons. The molecule has 18 heavy (non-hydrogen) atoms. The van der Waals surface area contributed by atoms with Crippen molar-refractivity contribution in [3.63, 3.8) is 0 Å². The average molecular weight is 461 g/mol. The van der Waals surface area contributed by atoms with E-state index in [0.29, 0.717) is 0 Å². The maximum Gasteiger partial charge on any atom is 3.00 e. The first kappa shape index (κ1) is 99.3. The van der Waals surface area contributed by atoms with Crippen molar-refractivity contribution in [3.8, 4) is 0 Å². The predicted molar refractivity (Wildman–Crippen MR) is 61.8 cm³/mol. The molecule has 0 heterocycles. The van der Waals surface area contributed by atoms with Crippen LogP contribution in [-0.2, 0) is 20.1 Å². The van der Waals surface area contributed by atoms with Gasteiger partial charge >= 0.3 is 20.1 Å². The number of rotatable bonds is 0. The molecule has 0 atom stereocenters. The molecule has 18 heteroatoms. The summed E-state index contributed by atoms with van der Waals surface area (Å²) in [7, 11) is 0. The molecule has 17 nitrogen and oxygen atoms in total. The van der Waals surface area contributed by atoms with Gasteiger partial charge in [-0.3, -0.25) is 0 Å². The number of hydrogen-bond acceptors (Lipinski definition) is 17. The number of nitrogens with zero attached hydrogens (tertiary/aromatic N) is 4. The Kier molecular flexibility index (Phi) is 3900. The Labute approximate surface area is 113 Å². The van der Waals surface area contributed by atoms with E-state index in [0.717, 1.165) is 21.4 Å². The minimum absolute atomic E-state index is 0. The molecule has 0 fully saturated rings. The first-order chi connectivity index (χ1) is 5.66. The molecule has 0 aliphatic carbocycles. The first-order valence-electron chi connectivity index (χ1n) is 1.46. The molecule has 118 valence electrons. The van der Waals surface area contributed by atoms with Crippen molar-refractivity contribution < 1.29 is 20.1 Å². The van der Waals surface area contributed by atoms with Crippen LogP contribution in [0.25, 0.3) is 0 Å². The van der Waals surface area contributed by atoms with Crippen LogP contribution in [0.5, 0.6) is 0 Å². The Morgan fingerprint density at radius 2 is 0.444 bits per heavy atom. The minimum Gasteiger partial charge on any atom is -0.444 e. The Hall–Kier alpha value is -1.95. The van der Waals surface area contributed by atoms with Gasteiger partial charge in [0.05, 0.1) is 0 Å². The summed E-state index contributed by atoms with van der Waals surface area (Å²) in [5.74, 6) is 0. The normalized spacial score (nSPS) is 2.67. The maximum absolute atomic E-state index is 8.00. The van der Waals surface area contributed by atoms with Crippen LogP contribution in [0.2, 0.25) is 0 Å². The second-order valence-corrected chi connectivity index (χ2v) is 0.298. The monoisotopic (exact) mass is 462 g/mol. The van der Waals surface area contributed by atoms with Gasteiger partial charge in [0.2, 0.25) is 0 Å². The number of hydrogen-bond donors (Lipinski definition) is 5. The van der Waals surface area contributed by atoms with Crippen LogP contribution in [0.4, 0.5) is 0 Å². The molecule has 0 bridgehead atoms. The van der Waals surface area contributed by atoms with Crippen molar-refractivity contribution in [3.05, 3.63) is 40.5 Å². The van der Waals surface area contributed by atoms with E-state index in [1.165, 1.54) is 0 Å². The van der Waals surface area contributed by atoms with E-state index in [-0.39, 0.29) is 50.9 Å². The van der Waals surface area contributed by atoms with E-state index in [1.807, 2.05) is 0 Å². The van der Waals surface area contributed by atoms with Crippen molar-refractivity contribution in [2.45, 2.75) is 0 Å². The van der Waals surface area contributed by atoms with Crippen molar-refractivity contribution >= 4 is 0 Å². The molecule has 0 aromatic rings. The van der Waals surface area contributed by atoms with Crippen LogP contribution in [0.1, 0.15) is 0 Å². The van der Waals surface area contributed by atoms with Crippen LogP contribution >= 0.6 is 0 Å². The third kappa shape index (κ3) is 629. The molecule has 0 amide bonds. The molecule has 0 rings (SSSR count). The van der Waals surface area contributed by atoms with Crippen LogP contribution in [0, 0.1) is 40.5 Å². The Balaban J connectivity index is -0.00000000533. The minimum atomic E-state index is 0. The van der Waals surface area contributed by atoms with Gasteiger partial charge in [-0.25, -0.2) is 0 Å². The summed E-state index contributed by atoms with van der Waals surface area (Å²) in [4.78, 5) is 32.0. The van der Waals surface area contributed by atoms with E-state index >= 15 is 0 Å². The average Bonchev–Trinajstić information content (AvgIpc) is 1.92. The third-order valence-electron chi connectivity index (χ3n) is 0.